The molecule has 1 aliphatic rings. The second-order valence-corrected chi connectivity index (χ2v) is 5.89. The molecule has 1 fully saturated rings. The van der Waals surface area contributed by atoms with E-state index in [1.807, 2.05) is 6.92 Å². The lowest BCUT2D eigenvalue weighted by Gasteiger charge is -2.35. The summed E-state index contributed by atoms with van der Waals surface area (Å²) in [5, 5.41) is 13.7. The number of hydrogen-bond donors (Lipinski definition) is 2. The average molecular weight is 301 g/mol. The van der Waals surface area contributed by atoms with Crippen molar-refractivity contribution in [3.8, 4) is 0 Å². The number of unbranched alkanes of at least 4 members (excludes halogenated alkanes) is 1. The molecule has 0 aromatic heterocycles. The van der Waals surface area contributed by atoms with Gasteiger partial charge in [-0.05, 0) is 39.0 Å². The van der Waals surface area contributed by atoms with Gasteiger partial charge in [0.1, 0.15) is 0 Å². The molecule has 0 aliphatic heterocycles. The minimum atomic E-state index is -0.688. The smallest absolute Gasteiger partial charge is 0.308 e. The SMILES string of the molecule is CCCCOCCNCC1(O)CCC(C(=O)OCC)CC1. The largest absolute Gasteiger partial charge is 0.466 e. The molecule has 0 atom stereocenters. The van der Waals surface area contributed by atoms with Gasteiger partial charge in [0.05, 0.1) is 24.7 Å². The maximum absolute atomic E-state index is 11.7. The van der Waals surface area contributed by atoms with Gasteiger partial charge in [-0.25, -0.2) is 0 Å². The van der Waals surface area contributed by atoms with Crippen molar-refractivity contribution in [2.45, 2.75) is 58.0 Å². The van der Waals surface area contributed by atoms with Crippen LogP contribution in [0.2, 0.25) is 0 Å². The Labute approximate surface area is 128 Å². The molecule has 2 N–H and O–H groups in total. The minimum Gasteiger partial charge on any atom is -0.466 e. The van der Waals surface area contributed by atoms with Gasteiger partial charge in [0.25, 0.3) is 0 Å². The molecule has 1 aliphatic carbocycles. The summed E-state index contributed by atoms with van der Waals surface area (Å²) in [4.78, 5) is 11.7. The molecule has 0 heterocycles. The van der Waals surface area contributed by atoms with E-state index in [1.54, 1.807) is 0 Å². The van der Waals surface area contributed by atoms with E-state index in [4.69, 9.17) is 9.47 Å². The molecule has 21 heavy (non-hydrogen) atoms. The molecule has 0 bridgehead atoms. The molecule has 1 rings (SSSR count). The minimum absolute atomic E-state index is 0.0393. The number of carbonyl (C=O) groups is 1. The first kappa shape index (κ1) is 18.4. The third kappa shape index (κ3) is 7.25. The Bertz CT molecular complexity index is 288. The molecule has 0 spiro atoms. The van der Waals surface area contributed by atoms with Gasteiger partial charge in [-0.15, -0.1) is 0 Å². The Morgan fingerprint density at radius 1 is 1.29 bits per heavy atom. The normalized spacial score (nSPS) is 25.8. The summed E-state index contributed by atoms with van der Waals surface area (Å²) in [5.74, 6) is -0.153. The van der Waals surface area contributed by atoms with Crippen LogP contribution in [0.4, 0.5) is 0 Å². The maximum Gasteiger partial charge on any atom is 0.308 e. The Balaban J connectivity index is 2.12. The average Bonchev–Trinajstić information content (AvgIpc) is 2.47. The fourth-order valence-electron chi connectivity index (χ4n) is 2.64. The molecule has 0 unspecified atom stereocenters. The van der Waals surface area contributed by atoms with E-state index in [1.165, 1.54) is 0 Å². The number of esters is 1. The summed E-state index contributed by atoms with van der Waals surface area (Å²) in [7, 11) is 0. The Morgan fingerprint density at radius 3 is 2.62 bits per heavy atom. The standard InChI is InChI=1S/C16H31NO4/c1-3-5-11-20-12-10-17-13-16(19)8-6-14(7-9-16)15(18)21-4-2/h14,17,19H,3-13H2,1-2H3. The Hall–Kier alpha value is -0.650. The van der Waals surface area contributed by atoms with Crippen molar-refractivity contribution in [3.05, 3.63) is 0 Å². The van der Waals surface area contributed by atoms with Crippen LogP contribution in [0.1, 0.15) is 52.4 Å². The third-order valence-corrected chi connectivity index (χ3v) is 4.06. The third-order valence-electron chi connectivity index (χ3n) is 4.06. The number of ether oxygens (including phenoxy) is 2. The van der Waals surface area contributed by atoms with E-state index in [9.17, 15) is 9.90 Å². The predicted molar refractivity (Wildman–Crippen MR) is 82.1 cm³/mol. The molecular weight excluding hydrogens is 270 g/mol. The maximum atomic E-state index is 11.7. The van der Waals surface area contributed by atoms with Crippen LogP contribution in [0.25, 0.3) is 0 Å². The van der Waals surface area contributed by atoms with E-state index in [2.05, 4.69) is 12.2 Å². The lowest BCUT2D eigenvalue weighted by molar-refractivity contribution is -0.151. The van der Waals surface area contributed by atoms with Gasteiger partial charge in [-0.2, -0.15) is 0 Å². The number of aliphatic hydroxyl groups is 1. The zero-order valence-electron chi connectivity index (χ0n) is 13.5. The lowest BCUT2D eigenvalue weighted by atomic mass is 9.79. The van der Waals surface area contributed by atoms with Gasteiger partial charge in [0, 0.05) is 19.7 Å². The van der Waals surface area contributed by atoms with Crippen molar-refractivity contribution >= 4 is 5.97 Å². The summed E-state index contributed by atoms with van der Waals surface area (Å²) >= 11 is 0. The highest BCUT2D eigenvalue weighted by molar-refractivity contribution is 5.72. The van der Waals surface area contributed by atoms with Gasteiger partial charge in [0.15, 0.2) is 0 Å². The first-order valence-corrected chi connectivity index (χ1v) is 8.29. The summed E-state index contributed by atoms with van der Waals surface area (Å²) in [6.07, 6.45) is 4.97. The lowest BCUT2D eigenvalue weighted by Crippen LogP contribution is -2.45. The first-order valence-electron chi connectivity index (χ1n) is 8.29. The van der Waals surface area contributed by atoms with Gasteiger partial charge in [0.2, 0.25) is 0 Å². The zero-order chi connectivity index (χ0) is 15.6. The molecule has 0 saturated heterocycles. The van der Waals surface area contributed by atoms with Crippen LogP contribution in [0.15, 0.2) is 0 Å². The van der Waals surface area contributed by atoms with E-state index >= 15 is 0 Å². The topological polar surface area (TPSA) is 67.8 Å². The number of nitrogens with one attached hydrogen (secondary N) is 1. The van der Waals surface area contributed by atoms with Gasteiger partial charge < -0.3 is 19.9 Å². The quantitative estimate of drug-likeness (QED) is 0.476. The van der Waals surface area contributed by atoms with E-state index < -0.39 is 5.60 Å². The monoisotopic (exact) mass is 301 g/mol. The van der Waals surface area contributed by atoms with Crippen molar-refractivity contribution in [2.24, 2.45) is 5.92 Å². The van der Waals surface area contributed by atoms with E-state index in [0.29, 0.717) is 45.4 Å². The highest BCUT2D eigenvalue weighted by Crippen LogP contribution is 2.32. The highest BCUT2D eigenvalue weighted by Gasteiger charge is 2.35. The van der Waals surface area contributed by atoms with Gasteiger partial charge >= 0.3 is 5.97 Å². The van der Waals surface area contributed by atoms with Crippen LogP contribution in [-0.2, 0) is 14.3 Å². The van der Waals surface area contributed by atoms with E-state index in [0.717, 1.165) is 26.0 Å². The summed E-state index contributed by atoms with van der Waals surface area (Å²) < 4.78 is 10.5. The Morgan fingerprint density at radius 2 is 2.00 bits per heavy atom. The van der Waals surface area contributed by atoms with Gasteiger partial charge in [-0.1, -0.05) is 13.3 Å². The van der Waals surface area contributed by atoms with Crippen LogP contribution >= 0.6 is 0 Å². The van der Waals surface area contributed by atoms with Crippen LogP contribution in [0.3, 0.4) is 0 Å². The summed E-state index contributed by atoms with van der Waals surface area (Å²) in [6.45, 7) is 7.21. The fraction of sp³-hybridized carbons (Fsp3) is 0.938. The second-order valence-electron chi connectivity index (χ2n) is 5.89. The molecule has 5 heteroatoms. The molecule has 0 aromatic rings. The predicted octanol–water partition coefficient (Wildman–Crippen LogP) is 1.88. The van der Waals surface area contributed by atoms with Crippen molar-refractivity contribution in [3.63, 3.8) is 0 Å². The molecule has 0 amide bonds. The van der Waals surface area contributed by atoms with E-state index in [-0.39, 0.29) is 11.9 Å². The van der Waals surface area contributed by atoms with Crippen molar-refractivity contribution < 1.29 is 19.4 Å². The summed E-state index contributed by atoms with van der Waals surface area (Å²) in [5.41, 5.74) is -0.688. The van der Waals surface area contributed by atoms with Crippen LogP contribution in [-0.4, -0.2) is 49.6 Å². The van der Waals surface area contributed by atoms with Crippen LogP contribution < -0.4 is 5.32 Å². The number of rotatable bonds is 10. The number of carbonyl (C=O) groups excluding carboxylic acids is 1. The van der Waals surface area contributed by atoms with Crippen LogP contribution in [0.5, 0.6) is 0 Å². The van der Waals surface area contributed by atoms with Crippen molar-refractivity contribution in [1.82, 2.24) is 5.32 Å². The molecule has 1 saturated carbocycles. The molecule has 0 aromatic carbocycles. The van der Waals surface area contributed by atoms with Crippen LogP contribution in [0, 0.1) is 5.92 Å². The molecule has 5 nitrogen and oxygen atoms in total. The summed E-state index contributed by atoms with van der Waals surface area (Å²) in [6, 6.07) is 0. The molecule has 124 valence electrons. The zero-order valence-corrected chi connectivity index (χ0v) is 13.5. The molecule has 0 radical (unpaired) electrons. The fourth-order valence-corrected chi connectivity index (χ4v) is 2.64. The van der Waals surface area contributed by atoms with Gasteiger partial charge in [-0.3, -0.25) is 4.79 Å². The Kier molecular flexibility index (Phi) is 8.88. The highest BCUT2D eigenvalue weighted by atomic mass is 16.5. The van der Waals surface area contributed by atoms with Crippen molar-refractivity contribution in [2.75, 3.05) is 32.9 Å². The molecular formula is C16H31NO4. The number of hydrogen-bond acceptors (Lipinski definition) is 5. The van der Waals surface area contributed by atoms with Crippen molar-refractivity contribution in [1.29, 1.82) is 0 Å². The second kappa shape index (κ2) is 10.1. The first-order chi connectivity index (χ1) is 10.1.